The Morgan fingerprint density at radius 1 is 1.41 bits per heavy atom. The van der Waals surface area contributed by atoms with Crippen LogP contribution in [0.1, 0.15) is 29.9 Å². The fourth-order valence-corrected chi connectivity index (χ4v) is 1.19. The molecule has 0 saturated heterocycles. The summed E-state index contributed by atoms with van der Waals surface area (Å²) >= 11 is 0. The van der Waals surface area contributed by atoms with Crippen molar-refractivity contribution in [1.82, 2.24) is 4.98 Å². The summed E-state index contributed by atoms with van der Waals surface area (Å²) in [6.07, 6.45) is -4.57. The number of aromatic carboxylic acids is 1. The van der Waals surface area contributed by atoms with Gasteiger partial charge < -0.3 is 10.4 Å². The lowest BCUT2D eigenvalue weighted by molar-refractivity contribution is -0.137. The molecule has 0 aliphatic heterocycles. The third-order valence-electron chi connectivity index (χ3n) is 1.85. The molecule has 4 nitrogen and oxygen atoms in total. The van der Waals surface area contributed by atoms with E-state index in [4.69, 9.17) is 5.11 Å². The second kappa shape index (κ2) is 4.60. The van der Waals surface area contributed by atoms with Crippen molar-refractivity contribution in [2.45, 2.75) is 26.1 Å². The van der Waals surface area contributed by atoms with E-state index in [1.807, 2.05) is 0 Å². The van der Waals surface area contributed by atoms with Gasteiger partial charge >= 0.3 is 12.1 Å². The predicted molar refractivity (Wildman–Crippen MR) is 55.0 cm³/mol. The van der Waals surface area contributed by atoms with Crippen LogP contribution >= 0.6 is 0 Å². The summed E-state index contributed by atoms with van der Waals surface area (Å²) in [6, 6.07) is 1.25. The van der Waals surface area contributed by atoms with E-state index in [1.165, 1.54) is 0 Å². The van der Waals surface area contributed by atoms with Gasteiger partial charge in [0.25, 0.3) is 0 Å². The van der Waals surface area contributed by atoms with E-state index < -0.39 is 29.2 Å². The molecule has 17 heavy (non-hydrogen) atoms. The molecule has 0 aliphatic carbocycles. The third-order valence-corrected chi connectivity index (χ3v) is 1.85. The minimum Gasteiger partial charge on any atom is -0.477 e. The quantitative estimate of drug-likeness (QED) is 0.863. The van der Waals surface area contributed by atoms with E-state index in [0.717, 1.165) is 6.07 Å². The second-order valence-electron chi connectivity index (χ2n) is 3.69. The second-order valence-corrected chi connectivity index (χ2v) is 3.69. The largest absolute Gasteiger partial charge is 0.477 e. The van der Waals surface area contributed by atoms with Crippen LogP contribution in [0.2, 0.25) is 0 Å². The van der Waals surface area contributed by atoms with Crippen LogP contribution in [0.4, 0.5) is 19.0 Å². The molecule has 0 fully saturated rings. The van der Waals surface area contributed by atoms with Crippen LogP contribution in [0.5, 0.6) is 0 Å². The molecule has 0 amide bonds. The van der Waals surface area contributed by atoms with Crippen LogP contribution in [0.15, 0.2) is 12.1 Å². The number of carboxylic acid groups (broad SMARTS) is 1. The van der Waals surface area contributed by atoms with Crippen LogP contribution in [-0.4, -0.2) is 22.1 Å². The van der Waals surface area contributed by atoms with E-state index in [9.17, 15) is 18.0 Å². The van der Waals surface area contributed by atoms with Gasteiger partial charge in [0, 0.05) is 6.04 Å². The first kappa shape index (κ1) is 13.3. The zero-order valence-corrected chi connectivity index (χ0v) is 9.17. The number of nitrogens with zero attached hydrogens (tertiary/aromatic N) is 1. The number of carboxylic acids is 1. The Kier molecular flexibility index (Phi) is 3.59. The van der Waals surface area contributed by atoms with Gasteiger partial charge in [0.2, 0.25) is 0 Å². The number of nitrogens with one attached hydrogen (secondary N) is 1. The summed E-state index contributed by atoms with van der Waals surface area (Å²) in [7, 11) is 0. The Balaban J connectivity index is 3.26. The molecule has 0 radical (unpaired) electrons. The Morgan fingerprint density at radius 3 is 2.41 bits per heavy atom. The Morgan fingerprint density at radius 2 is 2.00 bits per heavy atom. The molecule has 0 bridgehead atoms. The Labute approximate surface area is 95.5 Å². The van der Waals surface area contributed by atoms with Crippen LogP contribution in [0.25, 0.3) is 0 Å². The van der Waals surface area contributed by atoms with Crippen LogP contribution in [0.3, 0.4) is 0 Å². The van der Waals surface area contributed by atoms with Gasteiger partial charge in [-0.05, 0) is 26.0 Å². The number of pyridine rings is 1. The summed E-state index contributed by atoms with van der Waals surface area (Å²) in [5, 5.41) is 11.1. The summed E-state index contributed by atoms with van der Waals surface area (Å²) in [6.45, 7) is 3.27. The third kappa shape index (κ3) is 3.33. The Bertz CT molecular complexity index is 430. The van der Waals surface area contributed by atoms with Crippen molar-refractivity contribution in [1.29, 1.82) is 0 Å². The number of hydrogen-bond donors (Lipinski definition) is 2. The zero-order chi connectivity index (χ0) is 13.2. The molecule has 0 aromatic carbocycles. The molecule has 1 aromatic rings. The normalized spacial score (nSPS) is 11.6. The van der Waals surface area contributed by atoms with Gasteiger partial charge in [-0.25, -0.2) is 9.78 Å². The molecule has 0 unspecified atom stereocenters. The molecule has 1 rings (SSSR count). The summed E-state index contributed by atoms with van der Waals surface area (Å²) in [4.78, 5) is 14.1. The first-order chi connectivity index (χ1) is 7.71. The molecule has 0 atom stereocenters. The fourth-order valence-electron chi connectivity index (χ4n) is 1.19. The monoisotopic (exact) mass is 248 g/mol. The standard InChI is InChI=1S/C10H11F3N2O2/c1-5(2)14-8-6(10(11,12)13)3-4-7(15-8)9(16)17/h3-5H,1-2H3,(H,14,15)(H,16,17). The van der Waals surface area contributed by atoms with Crippen LogP contribution in [0, 0.1) is 0 Å². The molecule has 1 aromatic heterocycles. The van der Waals surface area contributed by atoms with Gasteiger partial charge in [0.05, 0.1) is 5.56 Å². The number of halogens is 3. The van der Waals surface area contributed by atoms with Gasteiger partial charge in [-0.1, -0.05) is 0 Å². The number of carbonyl (C=O) groups is 1. The van der Waals surface area contributed by atoms with E-state index in [0.29, 0.717) is 6.07 Å². The molecular weight excluding hydrogens is 237 g/mol. The maximum atomic E-state index is 12.6. The lowest BCUT2D eigenvalue weighted by Crippen LogP contribution is -2.18. The van der Waals surface area contributed by atoms with Crippen LogP contribution < -0.4 is 5.32 Å². The lowest BCUT2D eigenvalue weighted by atomic mass is 10.2. The Hall–Kier alpha value is -1.79. The molecule has 1 heterocycles. The highest BCUT2D eigenvalue weighted by Crippen LogP contribution is 2.34. The predicted octanol–water partition coefficient (Wildman–Crippen LogP) is 2.62. The van der Waals surface area contributed by atoms with Crippen LogP contribution in [-0.2, 0) is 6.18 Å². The highest BCUT2D eigenvalue weighted by molar-refractivity contribution is 5.86. The van der Waals surface area contributed by atoms with E-state index in [-0.39, 0.29) is 6.04 Å². The highest BCUT2D eigenvalue weighted by atomic mass is 19.4. The number of alkyl halides is 3. The minimum atomic E-state index is -4.57. The number of anilines is 1. The average molecular weight is 248 g/mol. The van der Waals surface area contributed by atoms with Gasteiger partial charge in [0.1, 0.15) is 5.82 Å². The maximum Gasteiger partial charge on any atom is 0.419 e. The van der Waals surface area contributed by atoms with Crippen molar-refractivity contribution in [2.24, 2.45) is 0 Å². The van der Waals surface area contributed by atoms with Crippen molar-refractivity contribution in [3.8, 4) is 0 Å². The summed E-state index contributed by atoms with van der Waals surface area (Å²) < 4.78 is 37.8. The van der Waals surface area contributed by atoms with Gasteiger partial charge in [0.15, 0.2) is 5.69 Å². The fraction of sp³-hybridized carbons (Fsp3) is 0.400. The average Bonchev–Trinajstić information content (AvgIpc) is 2.14. The van der Waals surface area contributed by atoms with E-state index in [2.05, 4.69) is 10.3 Å². The molecule has 0 saturated carbocycles. The molecule has 94 valence electrons. The van der Waals surface area contributed by atoms with Crippen molar-refractivity contribution in [2.75, 3.05) is 5.32 Å². The first-order valence-corrected chi connectivity index (χ1v) is 4.80. The first-order valence-electron chi connectivity index (χ1n) is 4.80. The lowest BCUT2D eigenvalue weighted by Gasteiger charge is -2.16. The smallest absolute Gasteiger partial charge is 0.419 e. The van der Waals surface area contributed by atoms with Gasteiger partial charge in [-0.15, -0.1) is 0 Å². The van der Waals surface area contributed by atoms with Crippen molar-refractivity contribution in [3.05, 3.63) is 23.4 Å². The van der Waals surface area contributed by atoms with Crippen molar-refractivity contribution < 1.29 is 23.1 Å². The van der Waals surface area contributed by atoms with E-state index >= 15 is 0 Å². The number of hydrogen-bond acceptors (Lipinski definition) is 3. The number of rotatable bonds is 3. The molecule has 0 aliphatic rings. The molecule has 0 spiro atoms. The SMILES string of the molecule is CC(C)Nc1nc(C(=O)O)ccc1C(F)(F)F. The van der Waals surface area contributed by atoms with Crippen molar-refractivity contribution >= 4 is 11.8 Å². The van der Waals surface area contributed by atoms with E-state index in [1.54, 1.807) is 13.8 Å². The molecular formula is C10H11F3N2O2. The topological polar surface area (TPSA) is 62.2 Å². The van der Waals surface area contributed by atoms with Crippen molar-refractivity contribution in [3.63, 3.8) is 0 Å². The highest BCUT2D eigenvalue weighted by Gasteiger charge is 2.35. The summed E-state index contributed by atoms with van der Waals surface area (Å²) in [5.74, 6) is -1.84. The zero-order valence-electron chi connectivity index (χ0n) is 9.17. The van der Waals surface area contributed by atoms with Gasteiger partial charge in [-0.2, -0.15) is 13.2 Å². The summed E-state index contributed by atoms with van der Waals surface area (Å²) in [5.41, 5.74) is -1.41. The maximum absolute atomic E-state index is 12.6. The molecule has 7 heteroatoms. The minimum absolute atomic E-state index is 0.285. The number of aromatic nitrogens is 1. The van der Waals surface area contributed by atoms with Gasteiger partial charge in [-0.3, -0.25) is 0 Å². The molecule has 2 N–H and O–H groups in total.